The number of carboxylic acids is 2. The van der Waals surface area contributed by atoms with Crippen LogP contribution >= 0.6 is 0 Å². The van der Waals surface area contributed by atoms with Crippen LogP contribution < -0.4 is 10.7 Å². The summed E-state index contributed by atoms with van der Waals surface area (Å²) in [5, 5.41) is 21.0. The van der Waals surface area contributed by atoms with Crippen molar-refractivity contribution in [2.75, 3.05) is 0 Å². The molecular formula is C34H32FeN4O4. The van der Waals surface area contributed by atoms with Crippen molar-refractivity contribution in [1.29, 1.82) is 0 Å². The van der Waals surface area contributed by atoms with Crippen LogP contribution in [0.1, 0.15) is 66.8 Å². The second kappa shape index (κ2) is 10.7. The molecule has 8 nitrogen and oxygen atoms in total. The summed E-state index contributed by atoms with van der Waals surface area (Å²) in [6.45, 7) is 16.4. The SMILES string of the molecule is C=CC1=C(C)C2=NC/1=C\c1c(C)c(C=C)c3[n]1[Fe][n]1/c(c(C)c(CCC(=O)O)/c1=C/C1=NC(=C\3)/C(C)=C1CCC(=O)O)=C\2. The van der Waals surface area contributed by atoms with Crippen LogP contribution in [0.25, 0.3) is 30.4 Å². The van der Waals surface area contributed by atoms with Gasteiger partial charge in [-0.3, -0.25) is 0 Å². The van der Waals surface area contributed by atoms with Gasteiger partial charge in [0.05, 0.1) is 0 Å². The number of carboxylic acid groups (broad SMARTS) is 2. The molecule has 4 aliphatic heterocycles. The van der Waals surface area contributed by atoms with Crippen molar-refractivity contribution in [3.05, 3.63) is 97.3 Å². The first-order chi connectivity index (χ1) is 20.5. The first-order valence-electron chi connectivity index (χ1n) is 14.1. The third-order valence-corrected chi connectivity index (χ3v) is 10.1. The first kappa shape index (κ1) is 28.6. The van der Waals surface area contributed by atoms with Gasteiger partial charge in [-0.05, 0) is 0 Å². The third-order valence-electron chi connectivity index (χ3n) is 8.55. The number of aliphatic imine (C=N–C) groups is 2. The van der Waals surface area contributed by atoms with Crippen molar-refractivity contribution >= 4 is 53.7 Å². The van der Waals surface area contributed by atoms with E-state index in [-0.39, 0.29) is 12.8 Å². The zero-order valence-electron chi connectivity index (χ0n) is 24.6. The molecule has 6 rings (SSSR count). The number of carbonyl (C=O) groups is 2. The maximum atomic E-state index is 11.8. The quantitative estimate of drug-likeness (QED) is 0.418. The van der Waals surface area contributed by atoms with Crippen LogP contribution in [-0.2, 0) is 31.4 Å². The van der Waals surface area contributed by atoms with E-state index in [1.54, 1.807) is 0 Å². The monoisotopic (exact) mass is 616 g/mol. The van der Waals surface area contributed by atoms with Crippen LogP contribution in [0.2, 0.25) is 0 Å². The molecule has 0 aromatic carbocycles. The van der Waals surface area contributed by atoms with Gasteiger partial charge in [0.15, 0.2) is 0 Å². The van der Waals surface area contributed by atoms with Gasteiger partial charge in [-0.1, -0.05) is 0 Å². The van der Waals surface area contributed by atoms with Crippen molar-refractivity contribution in [3.8, 4) is 0 Å². The van der Waals surface area contributed by atoms with Gasteiger partial charge in [0.25, 0.3) is 0 Å². The Labute approximate surface area is 256 Å². The Hall–Kier alpha value is -4.46. The van der Waals surface area contributed by atoms with Crippen LogP contribution in [0.3, 0.4) is 0 Å². The Morgan fingerprint density at radius 3 is 2.12 bits per heavy atom. The van der Waals surface area contributed by atoms with Crippen molar-refractivity contribution in [3.63, 3.8) is 0 Å². The van der Waals surface area contributed by atoms with Gasteiger partial charge in [-0.25, -0.2) is 0 Å². The molecule has 0 amide bonds. The molecular weight excluding hydrogens is 584 g/mol. The summed E-state index contributed by atoms with van der Waals surface area (Å²) in [5.74, 6) is -1.74. The Kier molecular flexibility index (Phi) is 7.11. The van der Waals surface area contributed by atoms with Gasteiger partial charge in [0.1, 0.15) is 0 Å². The number of nitrogens with zero attached hydrogens (tertiary/aromatic N) is 4. The van der Waals surface area contributed by atoms with E-state index in [1.807, 2.05) is 39.0 Å². The molecule has 0 atom stereocenters. The summed E-state index contributed by atoms with van der Waals surface area (Å²) in [6, 6.07) is 0. The fraction of sp³-hybridized carbons (Fsp3) is 0.235. The van der Waals surface area contributed by atoms with E-state index in [0.717, 1.165) is 83.7 Å². The maximum absolute atomic E-state index is 11.8. The van der Waals surface area contributed by atoms with E-state index in [9.17, 15) is 19.8 Å². The number of hydrogen-bond donors (Lipinski definition) is 2. The summed E-state index contributed by atoms with van der Waals surface area (Å²) >= 11 is 0.463. The molecule has 0 unspecified atom stereocenters. The number of fused-ring (bicyclic) bond motifs is 2. The Balaban J connectivity index is 1.80. The number of allylic oxidation sites excluding steroid dienone is 4. The van der Waals surface area contributed by atoms with E-state index in [2.05, 4.69) is 45.5 Å². The summed E-state index contributed by atoms with van der Waals surface area (Å²) < 4.78 is 4.47. The molecule has 0 fully saturated rings. The average molecular weight is 616 g/mol. The minimum atomic E-state index is -0.868. The molecule has 2 N–H and O–H groups in total. The molecule has 2 aromatic heterocycles. The molecule has 9 heteroatoms. The van der Waals surface area contributed by atoms with Crippen LogP contribution in [-0.4, -0.2) is 40.7 Å². The van der Waals surface area contributed by atoms with E-state index in [4.69, 9.17) is 9.98 Å². The average Bonchev–Trinajstić information content (AvgIpc) is 3.58. The van der Waals surface area contributed by atoms with Gasteiger partial charge in [-0.15, -0.1) is 0 Å². The molecule has 0 saturated heterocycles. The standard InChI is InChI=1S/C34H34N4O4.Fe/c1-7-21-17(3)25-13-26-19(5)23(9-11-33(39)40)31(37-26)16-32-24(10-12-34(41)42)20(6)28(38-32)15-30-22(8-2)18(4)27(36-30)14-29(21)35-25;/h7-8,13-16H,1-2,9-12H2,3-6H3,(H4,35,36,37,38,39,40,41,42);/q;+2/p-2/b25-13?,26-13-,27-14?,28-15-,29-14-,30-15?,31-16-,32-16?;. The summed E-state index contributed by atoms with van der Waals surface area (Å²) in [6.07, 6.45) is 12.7. The molecule has 4 aliphatic rings. The molecule has 6 bridgehead atoms. The fourth-order valence-corrected chi connectivity index (χ4v) is 7.77. The molecule has 2 aromatic rings. The summed E-state index contributed by atoms with van der Waals surface area (Å²) in [7, 11) is 0. The Bertz CT molecular complexity index is 2020. The van der Waals surface area contributed by atoms with Gasteiger partial charge >= 0.3 is 257 Å². The van der Waals surface area contributed by atoms with E-state index in [1.165, 1.54) is 0 Å². The van der Waals surface area contributed by atoms with Crippen molar-refractivity contribution in [1.82, 2.24) is 7.17 Å². The topological polar surface area (TPSA) is 109 Å². The molecule has 0 saturated carbocycles. The fourth-order valence-electron chi connectivity index (χ4n) is 6.14. The predicted molar refractivity (Wildman–Crippen MR) is 167 cm³/mol. The van der Waals surface area contributed by atoms with E-state index in [0.29, 0.717) is 33.9 Å². The van der Waals surface area contributed by atoms with Gasteiger partial charge in [0.2, 0.25) is 0 Å². The van der Waals surface area contributed by atoms with Crippen molar-refractivity contribution < 1.29 is 35.2 Å². The van der Waals surface area contributed by atoms with Crippen LogP contribution in [0.5, 0.6) is 0 Å². The zero-order valence-corrected chi connectivity index (χ0v) is 25.7. The first-order valence-corrected chi connectivity index (χ1v) is 15.1. The molecule has 43 heavy (non-hydrogen) atoms. The second-order valence-electron chi connectivity index (χ2n) is 11.0. The predicted octanol–water partition coefficient (Wildman–Crippen LogP) is 4.74. The van der Waals surface area contributed by atoms with Gasteiger partial charge < -0.3 is 0 Å². The van der Waals surface area contributed by atoms with E-state index < -0.39 is 11.9 Å². The molecule has 6 heterocycles. The summed E-state index contributed by atoms with van der Waals surface area (Å²) in [5.41, 5.74) is 12.9. The Morgan fingerprint density at radius 1 is 0.791 bits per heavy atom. The minimum absolute atomic E-state index is 0.0140. The summed E-state index contributed by atoms with van der Waals surface area (Å²) in [4.78, 5) is 33.4. The number of hydrogen-bond acceptors (Lipinski definition) is 4. The zero-order chi connectivity index (χ0) is 30.7. The molecule has 0 aliphatic carbocycles. The normalized spacial score (nSPS) is 20.7. The number of aliphatic carboxylic acids is 2. The van der Waals surface area contributed by atoms with Gasteiger partial charge in [-0.2, -0.15) is 0 Å². The second-order valence-corrected chi connectivity index (χ2v) is 12.2. The van der Waals surface area contributed by atoms with Crippen LogP contribution in [0, 0.1) is 13.8 Å². The molecule has 0 radical (unpaired) electrons. The van der Waals surface area contributed by atoms with Crippen LogP contribution in [0.15, 0.2) is 62.9 Å². The third kappa shape index (κ3) is 4.60. The molecule has 220 valence electrons. The van der Waals surface area contributed by atoms with Crippen LogP contribution in [0.4, 0.5) is 0 Å². The van der Waals surface area contributed by atoms with Crippen molar-refractivity contribution in [2.24, 2.45) is 9.98 Å². The van der Waals surface area contributed by atoms with Crippen molar-refractivity contribution in [2.45, 2.75) is 53.4 Å². The van der Waals surface area contributed by atoms with Gasteiger partial charge in [0, 0.05) is 0 Å². The Morgan fingerprint density at radius 2 is 1.44 bits per heavy atom. The number of aromatic nitrogens is 2. The molecule has 0 spiro atoms. The number of rotatable bonds is 8. The van der Waals surface area contributed by atoms with E-state index >= 15 is 0 Å².